The molecule has 0 bridgehead atoms. The molecule has 1 saturated carbocycles. The number of allylic oxidation sites excluding steroid dienone is 1. The minimum atomic E-state index is 0.704. The minimum absolute atomic E-state index is 0.704. The molecule has 1 unspecified atom stereocenters. The summed E-state index contributed by atoms with van der Waals surface area (Å²) in [5.41, 5.74) is 1.73. The molecule has 1 heteroatoms. The van der Waals surface area contributed by atoms with Gasteiger partial charge in [-0.05, 0) is 44.6 Å². The molecule has 2 aliphatic rings. The Bertz CT molecular complexity index is 228. The van der Waals surface area contributed by atoms with Gasteiger partial charge in [-0.25, -0.2) is 0 Å². The highest BCUT2D eigenvalue weighted by molar-refractivity contribution is 5.12. The van der Waals surface area contributed by atoms with E-state index in [9.17, 15) is 0 Å². The lowest BCUT2D eigenvalue weighted by molar-refractivity contribution is 0.491. The SMILES string of the molecule is CCNC(CC1CC1)C1=CCCCCCC1. The van der Waals surface area contributed by atoms with Gasteiger partial charge in [0, 0.05) is 6.04 Å². The average Bonchev–Trinajstić information content (AvgIpc) is 3.00. The van der Waals surface area contributed by atoms with Crippen LogP contribution in [-0.2, 0) is 0 Å². The van der Waals surface area contributed by atoms with Gasteiger partial charge in [0.25, 0.3) is 0 Å². The second-order valence-electron chi connectivity index (χ2n) is 5.52. The van der Waals surface area contributed by atoms with Crippen molar-refractivity contribution in [3.8, 4) is 0 Å². The van der Waals surface area contributed by atoms with Gasteiger partial charge in [-0.1, -0.05) is 44.3 Å². The van der Waals surface area contributed by atoms with Crippen molar-refractivity contribution in [3.05, 3.63) is 11.6 Å². The summed E-state index contributed by atoms with van der Waals surface area (Å²) >= 11 is 0. The first-order valence-electron chi connectivity index (χ1n) is 7.32. The monoisotopic (exact) mass is 221 g/mol. The molecule has 0 aromatic carbocycles. The molecule has 1 N–H and O–H groups in total. The zero-order valence-corrected chi connectivity index (χ0v) is 10.8. The highest BCUT2D eigenvalue weighted by atomic mass is 14.9. The van der Waals surface area contributed by atoms with Gasteiger partial charge in [0.2, 0.25) is 0 Å². The van der Waals surface area contributed by atoms with E-state index in [-0.39, 0.29) is 0 Å². The molecule has 0 radical (unpaired) electrons. The molecule has 0 saturated heterocycles. The summed E-state index contributed by atoms with van der Waals surface area (Å²) in [6.45, 7) is 3.36. The predicted octanol–water partition coefficient (Wildman–Crippen LogP) is 4.05. The van der Waals surface area contributed by atoms with Crippen molar-refractivity contribution in [2.75, 3.05) is 6.54 Å². The molecule has 92 valence electrons. The van der Waals surface area contributed by atoms with Crippen molar-refractivity contribution in [1.82, 2.24) is 5.32 Å². The van der Waals surface area contributed by atoms with E-state index in [1.807, 2.05) is 0 Å². The molecular weight excluding hydrogens is 194 g/mol. The van der Waals surface area contributed by atoms with E-state index in [1.54, 1.807) is 5.57 Å². The number of likely N-dealkylation sites (N-methyl/N-ethyl adjacent to an activating group) is 1. The first-order valence-corrected chi connectivity index (χ1v) is 7.32. The molecule has 0 heterocycles. The van der Waals surface area contributed by atoms with Gasteiger partial charge in [0.05, 0.1) is 0 Å². The van der Waals surface area contributed by atoms with Gasteiger partial charge in [-0.2, -0.15) is 0 Å². The lowest BCUT2D eigenvalue weighted by Gasteiger charge is -2.23. The van der Waals surface area contributed by atoms with Crippen molar-refractivity contribution < 1.29 is 0 Å². The van der Waals surface area contributed by atoms with Crippen LogP contribution < -0.4 is 5.32 Å². The Kier molecular flexibility index (Phi) is 4.90. The van der Waals surface area contributed by atoms with E-state index < -0.39 is 0 Å². The highest BCUT2D eigenvalue weighted by Gasteiger charge is 2.26. The number of hydrogen-bond donors (Lipinski definition) is 1. The third-order valence-corrected chi connectivity index (χ3v) is 3.99. The first kappa shape index (κ1) is 12.2. The molecule has 0 aromatic heterocycles. The van der Waals surface area contributed by atoms with Crippen LogP contribution in [0.25, 0.3) is 0 Å². The molecule has 0 aliphatic heterocycles. The zero-order chi connectivity index (χ0) is 11.2. The summed E-state index contributed by atoms with van der Waals surface area (Å²) in [7, 11) is 0. The Morgan fingerprint density at radius 3 is 2.81 bits per heavy atom. The second-order valence-corrected chi connectivity index (χ2v) is 5.52. The Labute approximate surface area is 101 Å². The van der Waals surface area contributed by atoms with Crippen LogP contribution in [0.1, 0.15) is 64.7 Å². The van der Waals surface area contributed by atoms with Gasteiger partial charge < -0.3 is 5.32 Å². The van der Waals surface area contributed by atoms with Crippen LogP contribution in [0.3, 0.4) is 0 Å². The van der Waals surface area contributed by atoms with E-state index in [4.69, 9.17) is 0 Å². The molecule has 2 aliphatic carbocycles. The fourth-order valence-electron chi connectivity index (χ4n) is 2.83. The van der Waals surface area contributed by atoms with Crippen LogP contribution in [-0.4, -0.2) is 12.6 Å². The normalized spacial score (nSPS) is 24.4. The van der Waals surface area contributed by atoms with Crippen LogP contribution >= 0.6 is 0 Å². The van der Waals surface area contributed by atoms with Gasteiger partial charge >= 0.3 is 0 Å². The molecule has 1 fully saturated rings. The molecule has 1 nitrogen and oxygen atoms in total. The molecule has 1 atom stereocenters. The van der Waals surface area contributed by atoms with E-state index in [1.165, 1.54) is 57.8 Å². The van der Waals surface area contributed by atoms with E-state index in [0.29, 0.717) is 6.04 Å². The van der Waals surface area contributed by atoms with Crippen molar-refractivity contribution >= 4 is 0 Å². The second kappa shape index (κ2) is 6.44. The molecule has 0 aromatic rings. The maximum atomic E-state index is 3.70. The quantitative estimate of drug-likeness (QED) is 0.691. The maximum Gasteiger partial charge on any atom is 0.0281 e. The molecule has 0 amide bonds. The lowest BCUT2D eigenvalue weighted by Crippen LogP contribution is -2.31. The molecular formula is C15H27N. The van der Waals surface area contributed by atoms with Crippen molar-refractivity contribution in [2.45, 2.75) is 70.8 Å². The van der Waals surface area contributed by atoms with Crippen LogP contribution in [0.5, 0.6) is 0 Å². The van der Waals surface area contributed by atoms with E-state index in [0.717, 1.165) is 12.5 Å². The van der Waals surface area contributed by atoms with Crippen LogP contribution in [0.4, 0.5) is 0 Å². The summed E-state index contributed by atoms with van der Waals surface area (Å²) < 4.78 is 0. The Balaban J connectivity index is 1.91. The third-order valence-electron chi connectivity index (χ3n) is 3.99. The van der Waals surface area contributed by atoms with E-state index >= 15 is 0 Å². The van der Waals surface area contributed by atoms with E-state index in [2.05, 4.69) is 18.3 Å². The predicted molar refractivity (Wildman–Crippen MR) is 70.6 cm³/mol. The van der Waals surface area contributed by atoms with Crippen LogP contribution in [0.2, 0.25) is 0 Å². The summed E-state index contributed by atoms with van der Waals surface area (Å²) in [5.74, 6) is 1.04. The molecule has 0 spiro atoms. The smallest absolute Gasteiger partial charge is 0.0281 e. The van der Waals surface area contributed by atoms with Gasteiger partial charge in [0.15, 0.2) is 0 Å². The summed E-state index contributed by atoms with van der Waals surface area (Å²) in [6.07, 6.45) is 15.3. The third kappa shape index (κ3) is 3.93. The van der Waals surface area contributed by atoms with Gasteiger partial charge in [-0.15, -0.1) is 0 Å². The van der Waals surface area contributed by atoms with Crippen molar-refractivity contribution in [3.63, 3.8) is 0 Å². The molecule has 2 rings (SSSR count). The van der Waals surface area contributed by atoms with Crippen molar-refractivity contribution in [2.24, 2.45) is 5.92 Å². The Morgan fingerprint density at radius 2 is 2.06 bits per heavy atom. The van der Waals surface area contributed by atoms with Gasteiger partial charge in [-0.3, -0.25) is 0 Å². The average molecular weight is 221 g/mol. The summed E-state index contributed by atoms with van der Waals surface area (Å²) in [6, 6.07) is 0.704. The highest BCUT2D eigenvalue weighted by Crippen LogP contribution is 2.36. The lowest BCUT2D eigenvalue weighted by atomic mass is 9.92. The largest absolute Gasteiger partial charge is 0.311 e. The first-order chi connectivity index (χ1) is 7.90. The summed E-state index contributed by atoms with van der Waals surface area (Å²) in [5, 5.41) is 3.70. The minimum Gasteiger partial charge on any atom is -0.311 e. The van der Waals surface area contributed by atoms with Crippen LogP contribution in [0, 0.1) is 5.92 Å². The van der Waals surface area contributed by atoms with Crippen molar-refractivity contribution in [1.29, 1.82) is 0 Å². The Hall–Kier alpha value is -0.300. The van der Waals surface area contributed by atoms with Gasteiger partial charge in [0.1, 0.15) is 0 Å². The standard InChI is InChI=1S/C15H27N/c1-2-16-15(12-13-10-11-13)14-8-6-4-3-5-7-9-14/h8,13,15-16H,2-7,9-12H2,1H3. The Morgan fingerprint density at radius 1 is 1.25 bits per heavy atom. The fraction of sp³-hybridized carbons (Fsp3) is 0.867. The number of rotatable bonds is 5. The number of hydrogen-bond acceptors (Lipinski definition) is 1. The topological polar surface area (TPSA) is 12.0 Å². The summed E-state index contributed by atoms with van der Waals surface area (Å²) in [4.78, 5) is 0. The number of nitrogens with one attached hydrogen (secondary N) is 1. The fourth-order valence-corrected chi connectivity index (χ4v) is 2.83. The zero-order valence-electron chi connectivity index (χ0n) is 10.8. The molecule has 16 heavy (non-hydrogen) atoms. The maximum absolute atomic E-state index is 3.70. The van der Waals surface area contributed by atoms with Crippen LogP contribution in [0.15, 0.2) is 11.6 Å².